The number of benzene rings is 2. The number of anilines is 1. The van der Waals surface area contributed by atoms with Crippen LogP contribution in [0.15, 0.2) is 60.8 Å². The molecule has 0 bridgehead atoms. The van der Waals surface area contributed by atoms with Gasteiger partial charge in [-0.3, -0.25) is 9.67 Å². The number of hydrogen-bond donors (Lipinski definition) is 2. The van der Waals surface area contributed by atoms with E-state index >= 15 is 0 Å². The summed E-state index contributed by atoms with van der Waals surface area (Å²) >= 11 is 0. The number of pyridine rings is 1. The zero-order chi connectivity index (χ0) is 24.9. The molecule has 35 heavy (non-hydrogen) atoms. The largest absolute Gasteiger partial charge is 0.489 e. The molecule has 0 fully saturated rings. The lowest BCUT2D eigenvalue weighted by atomic mass is 10.1. The summed E-state index contributed by atoms with van der Waals surface area (Å²) < 4.78 is 27.3. The number of hydrogen-bond acceptors (Lipinski definition) is 6. The number of nitrogens with two attached hydrogens (primary N) is 1. The van der Waals surface area contributed by atoms with E-state index in [0.717, 1.165) is 11.1 Å². The molecule has 9 heteroatoms. The Morgan fingerprint density at radius 3 is 2.46 bits per heavy atom. The van der Waals surface area contributed by atoms with Crippen molar-refractivity contribution in [1.29, 1.82) is 0 Å². The summed E-state index contributed by atoms with van der Waals surface area (Å²) in [5.74, 6) is 0.891. The second-order valence-corrected chi connectivity index (χ2v) is 8.09. The Morgan fingerprint density at radius 2 is 1.83 bits per heavy atom. The molecule has 178 valence electrons. The van der Waals surface area contributed by atoms with Crippen molar-refractivity contribution in [3.05, 3.63) is 89.3 Å². The van der Waals surface area contributed by atoms with E-state index in [0.29, 0.717) is 34.4 Å². The van der Waals surface area contributed by atoms with Crippen molar-refractivity contribution >= 4 is 11.5 Å². The van der Waals surface area contributed by atoms with Gasteiger partial charge in [-0.05, 0) is 37.6 Å². The Morgan fingerprint density at radius 1 is 1.09 bits per heavy atom. The van der Waals surface area contributed by atoms with Gasteiger partial charge in [0.15, 0.2) is 0 Å². The number of aliphatic hydroxyl groups is 1. The fraction of sp³-hybridized carbons (Fsp3) is 0.192. The van der Waals surface area contributed by atoms with Crippen molar-refractivity contribution in [1.82, 2.24) is 14.8 Å². The molecular formula is C26H24FN5O3. The second-order valence-electron chi connectivity index (χ2n) is 8.09. The molecule has 0 aliphatic carbocycles. The highest BCUT2D eigenvalue weighted by molar-refractivity contribution is 5.83. The number of nitrogens with zero attached hydrogens (tertiary/aromatic N) is 4. The summed E-state index contributed by atoms with van der Waals surface area (Å²) in [4.78, 5) is 7.64. The molecule has 0 atom stereocenters. The van der Waals surface area contributed by atoms with Crippen LogP contribution in [0.25, 0.3) is 16.1 Å². The normalized spacial score (nSPS) is 10.9. The number of halogens is 1. The third kappa shape index (κ3) is 5.39. The minimum absolute atomic E-state index is 0.0208. The van der Waals surface area contributed by atoms with Crippen molar-refractivity contribution in [3.63, 3.8) is 0 Å². The number of aromatic nitrogens is 3. The van der Waals surface area contributed by atoms with E-state index in [1.54, 1.807) is 53.3 Å². The molecule has 0 aliphatic rings. The summed E-state index contributed by atoms with van der Waals surface area (Å²) in [5.41, 5.74) is 8.96. The van der Waals surface area contributed by atoms with Crippen LogP contribution >= 0.6 is 0 Å². The highest BCUT2D eigenvalue weighted by Gasteiger charge is 2.19. The van der Waals surface area contributed by atoms with Gasteiger partial charge in [-0.25, -0.2) is 9.24 Å². The highest BCUT2D eigenvalue weighted by atomic mass is 19.1. The first-order valence-electron chi connectivity index (χ1n) is 10.9. The summed E-state index contributed by atoms with van der Waals surface area (Å²) in [5, 5.41) is 13.6. The lowest BCUT2D eigenvalue weighted by Gasteiger charge is -2.11. The molecule has 0 spiro atoms. The number of aliphatic hydroxyl groups excluding tert-OH is 1. The molecule has 2 aromatic carbocycles. The van der Waals surface area contributed by atoms with Gasteiger partial charge in [0.25, 0.3) is 5.69 Å². The third-order valence-corrected chi connectivity index (χ3v) is 5.18. The monoisotopic (exact) mass is 473 g/mol. The van der Waals surface area contributed by atoms with E-state index in [1.165, 1.54) is 12.1 Å². The van der Waals surface area contributed by atoms with Gasteiger partial charge in [0.05, 0.1) is 18.9 Å². The molecule has 0 unspecified atom stereocenters. The first-order valence-corrected chi connectivity index (χ1v) is 10.9. The zero-order valence-corrected chi connectivity index (χ0v) is 19.3. The lowest BCUT2D eigenvalue weighted by Crippen LogP contribution is -2.06. The summed E-state index contributed by atoms with van der Waals surface area (Å²) in [6, 6.07) is 14.6. The average Bonchev–Trinajstić information content (AvgIpc) is 3.19. The van der Waals surface area contributed by atoms with Crippen LogP contribution in [0.2, 0.25) is 0 Å². The van der Waals surface area contributed by atoms with Gasteiger partial charge in [0, 0.05) is 36.0 Å². The standard InChI is InChI=1S/C26H24FN5O3/c1-16(2)32-26(28)25(29-3)24(31-32)18-5-8-21(9-6-18)35-23-11-19(27)10-22(12-23)34-15-17-4-7-20(14-33)30-13-17/h4-13,16,33H,14-15,28H2,1-2H3. The van der Waals surface area contributed by atoms with Crippen molar-refractivity contribution in [3.8, 4) is 28.5 Å². The molecule has 0 saturated heterocycles. The molecule has 8 nitrogen and oxygen atoms in total. The van der Waals surface area contributed by atoms with Crippen LogP contribution < -0.4 is 15.2 Å². The number of nitrogen functional groups attached to an aromatic ring is 1. The summed E-state index contributed by atoms with van der Waals surface area (Å²) in [7, 11) is 0. The topological polar surface area (TPSA) is 99.8 Å². The quantitative estimate of drug-likeness (QED) is 0.320. The molecule has 0 aliphatic heterocycles. The summed E-state index contributed by atoms with van der Waals surface area (Å²) in [6.45, 7) is 11.4. The molecule has 3 N–H and O–H groups in total. The van der Waals surface area contributed by atoms with Crippen LogP contribution in [0, 0.1) is 12.4 Å². The molecule has 2 heterocycles. The Hall–Kier alpha value is -4.42. The van der Waals surface area contributed by atoms with Crippen LogP contribution in [0.3, 0.4) is 0 Å². The first kappa shape index (κ1) is 23.7. The Labute approximate surface area is 202 Å². The molecular weight excluding hydrogens is 449 g/mol. The zero-order valence-electron chi connectivity index (χ0n) is 19.3. The van der Waals surface area contributed by atoms with E-state index in [4.69, 9.17) is 26.9 Å². The predicted molar refractivity (Wildman–Crippen MR) is 130 cm³/mol. The van der Waals surface area contributed by atoms with Gasteiger partial charge in [-0.1, -0.05) is 18.2 Å². The van der Waals surface area contributed by atoms with E-state index in [1.807, 2.05) is 13.8 Å². The molecule has 0 saturated carbocycles. The van der Waals surface area contributed by atoms with E-state index in [-0.39, 0.29) is 25.0 Å². The molecule has 0 radical (unpaired) electrons. The smallest absolute Gasteiger partial charge is 0.254 e. The van der Waals surface area contributed by atoms with Crippen LogP contribution in [-0.4, -0.2) is 19.9 Å². The highest BCUT2D eigenvalue weighted by Crippen LogP contribution is 2.37. The van der Waals surface area contributed by atoms with E-state index in [9.17, 15) is 4.39 Å². The predicted octanol–water partition coefficient (Wildman–Crippen LogP) is 5.66. The maximum absolute atomic E-state index is 14.2. The van der Waals surface area contributed by atoms with E-state index < -0.39 is 5.82 Å². The van der Waals surface area contributed by atoms with Crippen LogP contribution in [0.1, 0.15) is 31.1 Å². The molecule has 0 amide bonds. The van der Waals surface area contributed by atoms with Crippen molar-refractivity contribution < 1.29 is 19.0 Å². The van der Waals surface area contributed by atoms with Crippen LogP contribution in [-0.2, 0) is 13.2 Å². The SMILES string of the molecule is [C-]#[N+]c1c(-c2ccc(Oc3cc(F)cc(OCc4ccc(CO)nc4)c3)cc2)nn(C(C)C)c1N. The Bertz CT molecular complexity index is 1360. The van der Waals surface area contributed by atoms with Crippen LogP contribution in [0.4, 0.5) is 15.9 Å². The third-order valence-electron chi connectivity index (χ3n) is 5.18. The van der Waals surface area contributed by atoms with Gasteiger partial charge in [-0.2, -0.15) is 5.10 Å². The van der Waals surface area contributed by atoms with Crippen LogP contribution in [0.5, 0.6) is 17.2 Å². The van der Waals surface area contributed by atoms with Crippen molar-refractivity contribution in [2.75, 3.05) is 5.73 Å². The maximum Gasteiger partial charge on any atom is 0.254 e. The number of rotatable bonds is 8. The Kier molecular flexibility index (Phi) is 6.94. The first-order chi connectivity index (χ1) is 16.9. The molecule has 4 rings (SSSR count). The Balaban J connectivity index is 1.48. The molecule has 2 aromatic heterocycles. The van der Waals surface area contributed by atoms with Gasteiger partial charge < -0.3 is 20.3 Å². The fourth-order valence-electron chi connectivity index (χ4n) is 3.43. The van der Waals surface area contributed by atoms with Gasteiger partial charge in [0.2, 0.25) is 0 Å². The van der Waals surface area contributed by atoms with Crippen molar-refractivity contribution in [2.45, 2.75) is 33.1 Å². The lowest BCUT2D eigenvalue weighted by molar-refractivity contribution is 0.276. The fourth-order valence-corrected chi connectivity index (χ4v) is 3.43. The summed E-state index contributed by atoms with van der Waals surface area (Å²) in [6.07, 6.45) is 1.60. The van der Waals surface area contributed by atoms with Gasteiger partial charge >= 0.3 is 0 Å². The maximum atomic E-state index is 14.2. The minimum Gasteiger partial charge on any atom is -0.489 e. The number of ether oxygens (including phenoxy) is 2. The minimum atomic E-state index is -0.501. The average molecular weight is 474 g/mol. The van der Waals surface area contributed by atoms with Gasteiger partial charge in [0.1, 0.15) is 41.2 Å². The van der Waals surface area contributed by atoms with Gasteiger partial charge in [-0.15, -0.1) is 0 Å². The molecule has 4 aromatic rings. The van der Waals surface area contributed by atoms with E-state index in [2.05, 4.69) is 14.9 Å². The van der Waals surface area contributed by atoms with Crippen molar-refractivity contribution in [2.24, 2.45) is 0 Å². The second kappa shape index (κ2) is 10.2.